The third-order valence-corrected chi connectivity index (χ3v) is 14.7. The summed E-state index contributed by atoms with van der Waals surface area (Å²) in [5.74, 6) is 0.407. The summed E-state index contributed by atoms with van der Waals surface area (Å²) in [6, 6.07) is 0. The van der Waals surface area contributed by atoms with Gasteiger partial charge in [-0.25, -0.2) is 23.8 Å². The number of halogens is 5. The number of phosphoric acid groups is 1. The van der Waals surface area contributed by atoms with Crippen molar-refractivity contribution in [2.45, 2.75) is 46.1 Å². The van der Waals surface area contributed by atoms with Crippen LogP contribution in [-0.4, -0.2) is 109 Å². The first kappa shape index (κ1) is 38.2. The van der Waals surface area contributed by atoms with Crippen molar-refractivity contribution in [3.63, 3.8) is 0 Å². The average molecular weight is 776 g/mol. The Morgan fingerprint density at radius 1 is 1.11 bits per heavy atom. The Morgan fingerprint density at radius 3 is 2.36 bits per heavy atom. The van der Waals surface area contributed by atoms with E-state index >= 15 is 0 Å². The maximum atomic E-state index is 12.7. The van der Waals surface area contributed by atoms with Crippen molar-refractivity contribution in [3.8, 4) is 0 Å². The van der Waals surface area contributed by atoms with Gasteiger partial charge < -0.3 is 39.8 Å². The van der Waals surface area contributed by atoms with Gasteiger partial charge in [-0.3, -0.25) is 18.2 Å². The Balaban J connectivity index is 1.82. The highest BCUT2D eigenvalue weighted by atomic mass is 35.5. The van der Waals surface area contributed by atoms with Gasteiger partial charge in [0.2, 0.25) is 0 Å². The van der Waals surface area contributed by atoms with E-state index in [9.17, 15) is 46.9 Å². The molecule has 44 heavy (non-hydrogen) atoms. The first-order valence-electron chi connectivity index (χ1n) is 11.7. The zero-order valence-electron chi connectivity index (χ0n) is 21.9. The Labute approximate surface area is 264 Å². The van der Waals surface area contributed by atoms with Gasteiger partial charge in [0.15, 0.2) is 28.4 Å². The lowest BCUT2D eigenvalue weighted by atomic mass is 10.1. The van der Waals surface area contributed by atoms with E-state index in [1.165, 1.54) is 11.8 Å². The molecule has 17 nitrogen and oxygen atoms in total. The van der Waals surface area contributed by atoms with Gasteiger partial charge >= 0.3 is 33.0 Å². The van der Waals surface area contributed by atoms with E-state index in [0.717, 1.165) is 10.9 Å². The van der Waals surface area contributed by atoms with Crippen LogP contribution in [0.5, 0.6) is 0 Å². The number of aliphatic hydroxyl groups excluding tert-OH is 2. The zero-order chi connectivity index (χ0) is 33.3. The van der Waals surface area contributed by atoms with Crippen LogP contribution in [0.15, 0.2) is 11.5 Å². The molecule has 3 heterocycles. The Morgan fingerprint density at radius 2 is 1.77 bits per heavy atom. The monoisotopic (exact) mass is 775 g/mol. The highest BCUT2D eigenvalue weighted by molar-refractivity contribution is 7.99. The molecule has 0 aromatic carbocycles. The van der Waals surface area contributed by atoms with Gasteiger partial charge in [0.25, 0.3) is 0 Å². The summed E-state index contributed by atoms with van der Waals surface area (Å²) in [7, 11) is -17.4. The highest BCUT2D eigenvalue weighted by Crippen LogP contribution is 2.79. The Hall–Kier alpha value is -0.250. The van der Waals surface area contributed by atoms with Gasteiger partial charge in [-0.15, -0.1) is 0 Å². The molecule has 2 aromatic rings. The van der Waals surface area contributed by atoms with E-state index in [0.29, 0.717) is 24.1 Å². The minimum absolute atomic E-state index is 0.0191. The number of ether oxygens (including phenoxy) is 1. The molecule has 1 aliphatic rings. The molecule has 1 fully saturated rings. The number of aliphatic hydroxyl groups is 2. The van der Waals surface area contributed by atoms with Gasteiger partial charge in [0, 0.05) is 18.1 Å². The van der Waals surface area contributed by atoms with Crippen molar-refractivity contribution < 1.29 is 70.2 Å². The third kappa shape index (κ3) is 9.21. The van der Waals surface area contributed by atoms with Crippen LogP contribution in [0.1, 0.15) is 12.6 Å². The quantitative estimate of drug-likeness (QED) is 0.0451. The molecule has 2 aromatic heterocycles. The van der Waals surface area contributed by atoms with E-state index in [2.05, 4.69) is 29.1 Å². The number of fused-ring (bicyclic) bond motifs is 1. The molecule has 0 radical (unpaired) electrons. The lowest BCUT2D eigenvalue weighted by Crippen LogP contribution is -2.33. The third-order valence-electron chi connectivity index (χ3n) is 5.53. The molecule has 5 unspecified atom stereocenters. The number of hydrogen-bond donors (Lipinski definition) is 7. The number of rotatable bonds is 15. The lowest BCUT2D eigenvalue weighted by Gasteiger charge is -2.26. The fourth-order valence-electron chi connectivity index (χ4n) is 3.44. The molecule has 1 aliphatic heterocycles. The maximum absolute atomic E-state index is 12.7. The minimum atomic E-state index is -5.97. The van der Waals surface area contributed by atoms with Crippen LogP contribution in [0.3, 0.4) is 0 Å². The van der Waals surface area contributed by atoms with Crippen LogP contribution in [-0.2, 0) is 27.3 Å². The molecule has 0 aliphatic carbocycles. The molecule has 252 valence electrons. The number of phosphoric ester groups is 1. The van der Waals surface area contributed by atoms with Crippen molar-refractivity contribution in [1.29, 1.82) is 0 Å². The van der Waals surface area contributed by atoms with Crippen molar-refractivity contribution in [3.05, 3.63) is 6.33 Å². The van der Waals surface area contributed by atoms with Gasteiger partial charge in [0.05, 0.1) is 19.4 Å². The van der Waals surface area contributed by atoms with Gasteiger partial charge in [0.1, 0.15) is 18.3 Å². The number of anilines is 1. The Kier molecular flexibility index (Phi) is 12.6. The van der Waals surface area contributed by atoms with Crippen LogP contribution in [0.4, 0.5) is 19.0 Å². The zero-order valence-corrected chi connectivity index (χ0v) is 27.7. The molecule has 7 N–H and O–H groups in total. The first-order chi connectivity index (χ1) is 20.1. The summed E-state index contributed by atoms with van der Waals surface area (Å²) in [5.41, 5.74) is 0.119. The van der Waals surface area contributed by atoms with E-state index < -0.39 is 76.3 Å². The van der Waals surface area contributed by atoms with Crippen LogP contribution in [0, 0.1) is 0 Å². The van der Waals surface area contributed by atoms with E-state index in [-0.39, 0.29) is 22.1 Å². The molecule has 0 spiro atoms. The largest absolute Gasteiger partial charge is 0.479 e. The van der Waals surface area contributed by atoms with Crippen LogP contribution in [0.25, 0.3) is 11.2 Å². The number of hydrogen-bond acceptors (Lipinski definition) is 14. The van der Waals surface area contributed by atoms with Crippen molar-refractivity contribution in [2.75, 3.05) is 36.2 Å². The normalized spacial score (nSPS) is 24.4. The molecule has 27 heteroatoms. The second-order valence-corrected chi connectivity index (χ2v) is 18.9. The summed E-state index contributed by atoms with van der Waals surface area (Å²) in [4.78, 5) is 50.4. The first-order valence-corrected chi connectivity index (χ1v) is 19.6. The van der Waals surface area contributed by atoms with Gasteiger partial charge in [-0.1, -0.05) is 35.0 Å². The SMILES string of the molecule is CSCCNc1nc(SCCC(F)(F)F)nc2c1ncn2C1O[C@H](COP(=O)(O)OP(=O)(O)C(Cl)(Cl)P(=O)(O)O)C(O)C1O. The molecule has 3 rings (SSSR count). The average Bonchev–Trinajstić information content (AvgIpc) is 3.41. The summed E-state index contributed by atoms with van der Waals surface area (Å²) in [5, 5.41) is 24.1. The van der Waals surface area contributed by atoms with E-state index in [1.54, 1.807) is 0 Å². The number of aromatic nitrogens is 4. The summed E-state index contributed by atoms with van der Waals surface area (Å²) in [6.07, 6.45) is -9.29. The van der Waals surface area contributed by atoms with Crippen LogP contribution in [0.2, 0.25) is 0 Å². The molecule has 0 bridgehead atoms. The smallest absolute Gasteiger partial charge is 0.387 e. The second kappa shape index (κ2) is 14.5. The molecule has 6 atom stereocenters. The standard InChI is InChI=1S/C17H25Cl2F3N5O12P3S2/c1-43-5-3-23-12-9-13(26-15(25-12)44-4-2-16(20,21)22)27(7-24-9)14-11(29)10(28)8(38-14)6-37-42(35,36)39-41(33,34)17(18,19)40(30,31)32/h7-8,10-11,14,28-29H,2-6H2,1H3,(H,33,34)(H,35,36)(H,23,25,26)(H2,30,31,32)/t8-,10?,11?,14?/m1/s1. The Bertz CT molecular complexity index is 1470. The predicted octanol–water partition coefficient (Wildman–Crippen LogP) is 2.85. The number of nitrogens with one attached hydrogen (secondary N) is 1. The number of imidazole rings is 1. The molecule has 0 saturated carbocycles. The topological polar surface area (TPSA) is 256 Å². The lowest BCUT2D eigenvalue weighted by molar-refractivity contribution is -0.129. The van der Waals surface area contributed by atoms with Crippen molar-refractivity contribution in [1.82, 2.24) is 19.5 Å². The van der Waals surface area contributed by atoms with Crippen LogP contribution < -0.4 is 5.32 Å². The minimum Gasteiger partial charge on any atom is -0.387 e. The highest BCUT2D eigenvalue weighted by Gasteiger charge is 2.62. The molecule has 1 saturated heterocycles. The van der Waals surface area contributed by atoms with Crippen molar-refractivity contribution in [2.24, 2.45) is 0 Å². The van der Waals surface area contributed by atoms with E-state index in [1.807, 2.05) is 6.26 Å². The van der Waals surface area contributed by atoms with E-state index in [4.69, 9.17) is 37.7 Å². The van der Waals surface area contributed by atoms with Crippen LogP contribution >= 0.6 is 69.7 Å². The summed E-state index contributed by atoms with van der Waals surface area (Å²) >= 11 is 12.6. The molecule has 0 amide bonds. The number of nitrogens with zero attached hydrogens (tertiary/aromatic N) is 4. The fourth-order valence-corrected chi connectivity index (χ4v) is 8.81. The second-order valence-electron chi connectivity index (χ2n) is 8.78. The van der Waals surface area contributed by atoms with Gasteiger partial charge in [-0.2, -0.15) is 24.9 Å². The number of alkyl halides is 5. The van der Waals surface area contributed by atoms with Crippen molar-refractivity contribution >= 4 is 86.7 Å². The maximum Gasteiger partial charge on any atom is 0.479 e. The molecular weight excluding hydrogens is 751 g/mol. The summed E-state index contributed by atoms with van der Waals surface area (Å²) in [6.45, 7) is -0.697. The summed E-state index contributed by atoms with van der Waals surface area (Å²) < 4.78 is 85.1. The van der Waals surface area contributed by atoms with Gasteiger partial charge in [-0.05, 0) is 6.26 Å². The predicted molar refractivity (Wildman–Crippen MR) is 153 cm³/mol. The molecular formula is C17H25Cl2F3N5O12P3S2. The number of thioether (sulfide) groups is 2. The fraction of sp³-hybridized carbons (Fsp3) is 0.706.